The minimum absolute atomic E-state index is 0.0560. The van der Waals surface area contributed by atoms with Gasteiger partial charge in [-0.1, -0.05) is 26.0 Å². The van der Waals surface area contributed by atoms with Crippen molar-refractivity contribution in [2.24, 2.45) is 0 Å². The molecule has 1 aromatic carbocycles. The Balaban J connectivity index is 1.39. The number of nitrogens with zero attached hydrogens (tertiary/aromatic N) is 4. The van der Waals surface area contributed by atoms with Crippen molar-refractivity contribution >= 4 is 17.7 Å². The second-order valence-corrected chi connectivity index (χ2v) is 14.5. The second-order valence-electron chi connectivity index (χ2n) is 14.5. The third-order valence-electron chi connectivity index (χ3n) is 9.10. The molecule has 4 heterocycles. The molecule has 2 fully saturated rings. The number of rotatable bonds is 6. The molecule has 10 nitrogen and oxygen atoms in total. The van der Waals surface area contributed by atoms with Gasteiger partial charge in [-0.15, -0.1) is 0 Å². The topological polar surface area (TPSA) is 98.4 Å². The predicted octanol–water partition coefficient (Wildman–Crippen LogP) is 3.76. The summed E-state index contributed by atoms with van der Waals surface area (Å²) in [5, 5.41) is 0. The fourth-order valence-corrected chi connectivity index (χ4v) is 6.64. The molecule has 3 aliphatic heterocycles. The van der Waals surface area contributed by atoms with Gasteiger partial charge in [-0.3, -0.25) is 19.4 Å². The van der Waals surface area contributed by atoms with Crippen molar-refractivity contribution in [3.05, 3.63) is 63.3 Å². The summed E-state index contributed by atoms with van der Waals surface area (Å²) >= 11 is 0. The third-order valence-corrected chi connectivity index (χ3v) is 9.10. The molecule has 0 bridgehead atoms. The Morgan fingerprint density at radius 2 is 1.80 bits per heavy atom. The first-order valence-corrected chi connectivity index (χ1v) is 16.0. The number of ether oxygens (including phenoxy) is 2. The number of piperazine rings is 1. The maximum Gasteiger partial charge on any atom is 0.410 e. The van der Waals surface area contributed by atoms with Gasteiger partial charge in [0.15, 0.2) is 0 Å². The van der Waals surface area contributed by atoms with E-state index in [2.05, 4.69) is 21.7 Å². The SMILES string of the molecule is C[C@@H]1COCCN1C[C@H]1CN(C(=O)OC(C)(C)C)[C@H](C)CN1CC(=O)N1CC(C)(C)c2[nH]c(=O)c(Cc3ccc(F)cc3)cc21. The van der Waals surface area contributed by atoms with Gasteiger partial charge in [0.2, 0.25) is 5.91 Å². The summed E-state index contributed by atoms with van der Waals surface area (Å²) in [6, 6.07) is 7.92. The zero-order chi connectivity index (χ0) is 32.7. The van der Waals surface area contributed by atoms with Crippen LogP contribution in [0.3, 0.4) is 0 Å². The highest BCUT2D eigenvalue weighted by atomic mass is 19.1. The lowest BCUT2D eigenvalue weighted by molar-refractivity contribution is -0.121. The molecule has 5 rings (SSSR count). The molecule has 1 N–H and O–H groups in total. The third kappa shape index (κ3) is 7.58. The van der Waals surface area contributed by atoms with E-state index in [0.717, 1.165) is 17.8 Å². The van der Waals surface area contributed by atoms with Crippen LogP contribution in [0.25, 0.3) is 0 Å². The molecule has 3 atom stereocenters. The molecule has 0 radical (unpaired) electrons. The quantitative estimate of drug-likeness (QED) is 0.522. The zero-order valence-electron chi connectivity index (χ0n) is 27.7. The Morgan fingerprint density at radius 1 is 1.09 bits per heavy atom. The lowest BCUT2D eigenvalue weighted by Crippen LogP contribution is -2.64. The summed E-state index contributed by atoms with van der Waals surface area (Å²) in [6.07, 6.45) is -0.0103. The number of anilines is 1. The summed E-state index contributed by atoms with van der Waals surface area (Å²) in [6.45, 7) is 18.2. The van der Waals surface area contributed by atoms with Crippen LogP contribution in [0.4, 0.5) is 14.9 Å². The summed E-state index contributed by atoms with van der Waals surface area (Å²) in [5.74, 6) is -0.387. The van der Waals surface area contributed by atoms with Crippen molar-refractivity contribution in [2.45, 2.75) is 84.0 Å². The lowest BCUT2D eigenvalue weighted by Gasteiger charge is -2.47. The summed E-state index contributed by atoms with van der Waals surface area (Å²) in [4.78, 5) is 51.7. The Hall–Kier alpha value is -3.28. The highest BCUT2D eigenvalue weighted by Gasteiger charge is 2.43. The highest BCUT2D eigenvalue weighted by molar-refractivity contribution is 5.97. The molecule has 0 saturated carbocycles. The summed E-state index contributed by atoms with van der Waals surface area (Å²) in [7, 11) is 0. The maximum atomic E-state index is 14.2. The van der Waals surface area contributed by atoms with Crippen LogP contribution in [0.5, 0.6) is 0 Å². The van der Waals surface area contributed by atoms with Crippen LogP contribution in [-0.2, 0) is 26.1 Å². The van der Waals surface area contributed by atoms with E-state index in [0.29, 0.717) is 57.1 Å². The Labute approximate surface area is 265 Å². The van der Waals surface area contributed by atoms with Gasteiger partial charge in [0.25, 0.3) is 5.56 Å². The first kappa shape index (κ1) is 33.1. The van der Waals surface area contributed by atoms with Gasteiger partial charge >= 0.3 is 6.09 Å². The van der Waals surface area contributed by atoms with Crippen LogP contribution < -0.4 is 10.5 Å². The largest absolute Gasteiger partial charge is 0.444 e. The molecule has 3 aliphatic rings. The summed E-state index contributed by atoms with van der Waals surface area (Å²) in [5.41, 5.74) is 1.54. The predicted molar refractivity (Wildman–Crippen MR) is 171 cm³/mol. The molecule has 1 aromatic heterocycles. The fraction of sp³-hybridized carbons (Fsp3) is 0.618. The number of hydrogen-bond donors (Lipinski definition) is 1. The number of morpholine rings is 1. The number of amides is 2. The van der Waals surface area contributed by atoms with Crippen LogP contribution in [0.2, 0.25) is 0 Å². The molecule has 0 unspecified atom stereocenters. The van der Waals surface area contributed by atoms with E-state index in [-0.39, 0.29) is 48.0 Å². The minimum atomic E-state index is -0.607. The molecule has 45 heavy (non-hydrogen) atoms. The number of nitrogens with one attached hydrogen (secondary N) is 1. The van der Waals surface area contributed by atoms with Crippen molar-refractivity contribution in [2.75, 3.05) is 57.4 Å². The minimum Gasteiger partial charge on any atom is -0.444 e. The summed E-state index contributed by atoms with van der Waals surface area (Å²) < 4.78 is 24.9. The van der Waals surface area contributed by atoms with Gasteiger partial charge in [-0.25, -0.2) is 9.18 Å². The van der Waals surface area contributed by atoms with Crippen LogP contribution in [0.15, 0.2) is 35.1 Å². The van der Waals surface area contributed by atoms with E-state index in [4.69, 9.17) is 9.47 Å². The number of pyridine rings is 1. The second kappa shape index (κ2) is 12.8. The molecule has 246 valence electrons. The molecule has 11 heteroatoms. The van der Waals surface area contributed by atoms with Crippen molar-refractivity contribution < 1.29 is 23.5 Å². The van der Waals surface area contributed by atoms with Crippen LogP contribution in [0.1, 0.15) is 65.3 Å². The average Bonchev–Trinajstić information content (AvgIpc) is 3.21. The maximum absolute atomic E-state index is 14.2. The Bertz CT molecular complexity index is 1450. The number of halogens is 1. The molecule has 2 amide bonds. The van der Waals surface area contributed by atoms with Crippen molar-refractivity contribution in [3.8, 4) is 0 Å². The van der Waals surface area contributed by atoms with E-state index in [1.165, 1.54) is 12.1 Å². The van der Waals surface area contributed by atoms with Crippen molar-refractivity contribution in [1.82, 2.24) is 19.7 Å². The number of aromatic amines is 1. The van der Waals surface area contributed by atoms with Gasteiger partial charge in [0.1, 0.15) is 11.4 Å². The van der Waals surface area contributed by atoms with E-state index < -0.39 is 11.0 Å². The zero-order valence-corrected chi connectivity index (χ0v) is 27.7. The smallest absolute Gasteiger partial charge is 0.410 e. The van der Waals surface area contributed by atoms with Gasteiger partial charge in [-0.2, -0.15) is 0 Å². The number of aromatic nitrogens is 1. The molecular formula is C34H48FN5O5. The first-order valence-electron chi connectivity index (χ1n) is 16.0. The van der Waals surface area contributed by atoms with E-state index >= 15 is 0 Å². The number of carbonyl (C=O) groups excluding carboxylic acids is 2. The average molecular weight is 626 g/mol. The normalized spacial score (nSPS) is 24.0. The molecule has 2 saturated heterocycles. The standard InChI is InChI=1S/C34H48FN5O5/c1-22-16-38(27(17-37-12-13-44-20-23(37)2)18-39(22)32(43)45-33(3,4)5)19-29(41)40-21-34(6,7)30-28(40)15-25(31(42)36-30)14-24-8-10-26(35)11-9-24/h8-11,15,22-23,27H,12-14,16-21H2,1-7H3,(H,36,42)/t22-,23-,27+/m1/s1. The van der Waals surface area contributed by atoms with E-state index in [9.17, 15) is 18.8 Å². The Kier molecular flexibility index (Phi) is 9.45. The number of hydrogen-bond acceptors (Lipinski definition) is 7. The first-order chi connectivity index (χ1) is 21.1. The monoisotopic (exact) mass is 625 g/mol. The Morgan fingerprint density at radius 3 is 2.47 bits per heavy atom. The van der Waals surface area contributed by atoms with Crippen LogP contribution in [-0.4, -0.2) is 108 Å². The van der Waals surface area contributed by atoms with Crippen LogP contribution >= 0.6 is 0 Å². The van der Waals surface area contributed by atoms with Gasteiger partial charge in [0.05, 0.1) is 25.4 Å². The number of fused-ring (bicyclic) bond motifs is 1. The fourth-order valence-electron chi connectivity index (χ4n) is 6.64. The molecule has 0 spiro atoms. The van der Waals surface area contributed by atoms with E-state index in [1.54, 1.807) is 21.9 Å². The van der Waals surface area contributed by atoms with E-state index in [1.807, 2.05) is 47.6 Å². The molecule has 0 aliphatic carbocycles. The van der Waals surface area contributed by atoms with Crippen molar-refractivity contribution in [1.29, 1.82) is 0 Å². The van der Waals surface area contributed by atoms with Gasteiger partial charge in [0, 0.05) is 73.9 Å². The number of benzene rings is 1. The van der Waals surface area contributed by atoms with Gasteiger partial charge < -0.3 is 24.3 Å². The molecule has 2 aromatic rings. The van der Waals surface area contributed by atoms with Crippen molar-refractivity contribution in [3.63, 3.8) is 0 Å². The lowest BCUT2D eigenvalue weighted by atomic mass is 9.91. The van der Waals surface area contributed by atoms with Gasteiger partial charge in [-0.05, 0) is 58.4 Å². The highest BCUT2D eigenvalue weighted by Crippen LogP contribution is 2.39. The number of carbonyl (C=O) groups is 2. The molecular weight excluding hydrogens is 577 g/mol. The number of H-pyrrole nitrogens is 1. The van der Waals surface area contributed by atoms with Crippen LogP contribution in [0, 0.1) is 5.82 Å².